The maximum absolute atomic E-state index is 12.8. The number of carbonyl (C=O) groups is 2. The first kappa shape index (κ1) is 26.3. The fourth-order valence-electron chi connectivity index (χ4n) is 4.88. The van der Waals surface area contributed by atoms with Gasteiger partial charge in [0, 0.05) is 24.0 Å². The average molecular weight is 494 g/mol. The Morgan fingerprint density at radius 2 is 1.74 bits per heavy atom. The topological polar surface area (TPSA) is 66.8 Å². The first-order chi connectivity index (χ1) is 16.8. The summed E-state index contributed by atoms with van der Waals surface area (Å²) < 4.78 is 5.69. The molecule has 184 valence electrons. The number of hydrogen-bond acceptors (Lipinski definition) is 3. The Bertz CT molecular complexity index is 1130. The standard InChI is InChI=1S/C26H26ClNO4.C3H6/c1-3-20-17(2)23(22-7-5-4-6-21(20)22)16-32-25(31)28-14-12-26(13-15-28,24(29)30)18-8-10-19(27)11-9-18;1-3-2/h3-11,23H,1,12-16H2,2H3,(H,29,30);3H,1H2,2H3. The van der Waals surface area contributed by atoms with Crippen LogP contribution in [0.3, 0.4) is 0 Å². The monoisotopic (exact) mass is 493 g/mol. The van der Waals surface area contributed by atoms with Crippen molar-refractivity contribution in [3.05, 3.63) is 101 Å². The maximum Gasteiger partial charge on any atom is 0.409 e. The van der Waals surface area contributed by atoms with E-state index in [0.29, 0.717) is 36.5 Å². The number of ether oxygens (including phenoxy) is 1. The Kier molecular flexibility index (Phi) is 8.57. The van der Waals surface area contributed by atoms with E-state index in [2.05, 4.69) is 25.3 Å². The maximum atomic E-state index is 12.8. The van der Waals surface area contributed by atoms with E-state index < -0.39 is 17.5 Å². The lowest BCUT2D eigenvalue weighted by Gasteiger charge is -2.38. The minimum Gasteiger partial charge on any atom is -0.481 e. The van der Waals surface area contributed by atoms with Crippen molar-refractivity contribution in [1.29, 1.82) is 0 Å². The highest BCUT2D eigenvalue weighted by atomic mass is 35.5. The molecule has 0 spiro atoms. The van der Waals surface area contributed by atoms with Gasteiger partial charge in [0.05, 0.1) is 5.41 Å². The zero-order valence-corrected chi connectivity index (χ0v) is 21.1. The zero-order chi connectivity index (χ0) is 25.6. The summed E-state index contributed by atoms with van der Waals surface area (Å²) in [7, 11) is 0. The minimum absolute atomic E-state index is 0.000109. The molecule has 0 aromatic heterocycles. The number of rotatable bonds is 5. The lowest BCUT2D eigenvalue weighted by Crippen LogP contribution is -2.49. The van der Waals surface area contributed by atoms with Crippen molar-refractivity contribution in [1.82, 2.24) is 4.90 Å². The smallest absolute Gasteiger partial charge is 0.409 e. The Morgan fingerprint density at radius 3 is 2.31 bits per heavy atom. The summed E-state index contributed by atoms with van der Waals surface area (Å²) in [6.07, 6.45) is 3.84. The van der Waals surface area contributed by atoms with Gasteiger partial charge in [-0.3, -0.25) is 4.79 Å². The summed E-state index contributed by atoms with van der Waals surface area (Å²) in [5, 5.41) is 10.5. The quantitative estimate of drug-likeness (QED) is 0.463. The van der Waals surface area contributed by atoms with Gasteiger partial charge in [-0.1, -0.05) is 72.3 Å². The van der Waals surface area contributed by atoms with Gasteiger partial charge in [0.2, 0.25) is 0 Å². The number of likely N-dealkylation sites (tertiary alicyclic amines) is 1. The number of carbonyl (C=O) groups excluding carboxylic acids is 1. The molecule has 1 atom stereocenters. The number of carboxylic acids is 1. The Balaban J connectivity index is 0.00000108. The number of benzene rings is 2. The highest BCUT2D eigenvalue weighted by Gasteiger charge is 2.44. The molecule has 0 saturated carbocycles. The lowest BCUT2D eigenvalue weighted by atomic mass is 9.73. The first-order valence-electron chi connectivity index (χ1n) is 11.7. The minimum atomic E-state index is -1.02. The summed E-state index contributed by atoms with van der Waals surface area (Å²) in [4.78, 5) is 26.6. The molecule has 2 aliphatic rings. The summed E-state index contributed by atoms with van der Waals surface area (Å²) in [6.45, 7) is 12.1. The van der Waals surface area contributed by atoms with Gasteiger partial charge in [0.15, 0.2) is 0 Å². The molecule has 1 fully saturated rings. The van der Waals surface area contributed by atoms with Gasteiger partial charge in [-0.2, -0.15) is 0 Å². The van der Waals surface area contributed by atoms with Gasteiger partial charge < -0.3 is 14.7 Å². The van der Waals surface area contributed by atoms with Gasteiger partial charge in [-0.25, -0.2) is 4.79 Å². The van der Waals surface area contributed by atoms with Crippen molar-refractivity contribution < 1.29 is 19.4 Å². The number of amides is 1. The number of hydrogen-bond donors (Lipinski definition) is 1. The van der Waals surface area contributed by atoms with Gasteiger partial charge in [-0.05, 0) is 61.1 Å². The fraction of sp³-hybridized carbons (Fsp3) is 0.310. The van der Waals surface area contributed by atoms with Gasteiger partial charge in [0.1, 0.15) is 6.61 Å². The zero-order valence-electron chi connectivity index (χ0n) is 20.3. The second kappa shape index (κ2) is 11.4. The van der Waals surface area contributed by atoms with Gasteiger partial charge >= 0.3 is 12.1 Å². The molecule has 0 radical (unpaired) electrons. The summed E-state index contributed by atoms with van der Waals surface area (Å²) in [5.41, 5.74) is 4.19. The predicted molar refractivity (Wildman–Crippen MR) is 141 cm³/mol. The number of fused-ring (bicyclic) bond motifs is 1. The molecule has 5 nitrogen and oxygen atoms in total. The van der Waals surface area contributed by atoms with E-state index in [1.54, 1.807) is 35.2 Å². The molecule has 0 bridgehead atoms. The second-order valence-corrected chi connectivity index (χ2v) is 9.24. The third-order valence-corrected chi connectivity index (χ3v) is 7.08. The Labute approximate surface area is 212 Å². The highest BCUT2D eigenvalue weighted by molar-refractivity contribution is 6.30. The number of halogens is 1. The van der Waals surface area contributed by atoms with Crippen LogP contribution in [0.1, 0.15) is 49.3 Å². The van der Waals surface area contributed by atoms with Crippen LogP contribution in [-0.4, -0.2) is 41.8 Å². The number of piperidine rings is 1. The number of nitrogens with zero attached hydrogens (tertiary/aromatic N) is 1. The van der Waals surface area contributed by atoms with Crippen molar-refractivity contribution in [2.45, 2.75) is 38.0 Å². The van der Waals surface area contributed by atoms with E-state index in [1.807, 2.05) is 32.1 Å². The normalized spacial score (nSPS) is 18.1. The molecule has 1 aliphatic carbocycles. The van der Waals surface area contributed by atoms with Crippen molar-refractivity contribution in [3.63, 3.8) is 0 Å². The van der Waals surface area contributed by atoms with Crippen LogP contribution in [0.15, 0.2) is 79.4 Å². The average Bonchev–Trinajstić information content (AvgIpc) is 3.13. The van der Waals surface area contributed by atoms with E-state index in [4.69, 9.17) is 16.3 Å². The summed E-state index contributed by atoms with van der Waals surface area (Å²) in [6, 6.07) is 15.0. The van der Waals surface area contributed by atoms with E-state index in [1.165, 1.54) is 0 Å². The summed E-state index contributed by atoms with van der Waals surface area (Å²) >= 11 is 5.96. The van der Waals surface area contributed by atoms with Crippen LogP contribution in [0.25, 0.3) is 5.57 Å². The Hall–Kier alpha value is -3.31. The van der Waals surface area contributed by atoms with Crippen LogP contribution in [-0.2, 0) is 14.9 Å². The van der Waals surface area contributed by atoms with Crippen LogP contribution in [0, 0.1) is 0 Å². The molecule has 6 heteroatoms. The van der Waals surface area contributed by atoms with Gasteiger partial charge in [0.25, 0.3) is 0 Å². The molecule has 1 unspecified atom stereocenters. The second-order valence-electron chi connectivity index (χ2n) is 8.81. The van der Waals surface area contributed by atoms with E-state index >= 15 is 0 Å². The molecule has 2 aromatic carbocycles. The van der Waals surface area contributed by atoms with E-state index in [9.17, 15) is 14.7 Å². The van der Waals surface area contributed by atoms with Crippen LogP contribution in [0.2, 0.25) is 5.02 Å². The van der Waals surface area contributed by atoms with E-state index in [0.717, 1.165) is 22.3 Å². The molecule has 1 N–H and O–H groups in total. The molecule has 1 saturated heterocycles. The predicted octanol–water partition coefficient (Wildman–Crippen LogP) is 6.84. The SMILES string of the molecule is C=CC.C=CC1=C(C)C(COC(=O)N2CCC(C(=O)O)(c3ccc(Cl)cc3)CC2)c2ccccc21. The molecule has 1 aliphatic heterocycles. The molecular formula is C29H32ClNO4. The van der Waals surface area contributed by atoms with Crippen molar-refractivity contribution in [3.8, 4) is 0 Å². The molecule has 2 aromatic rings. The summed E-state index contributed by atoms with van der Waals surface area (Å²) in [5.74, 6) is -0.881. The number of aliphatic carboxylic acids is 1. The number of carboxylic acid groups (broad SMARTS) is 1. The van der Waals surface area contributed by atoms with Crippen molar-refractivity contribution in [2.75, 3.05) is 19.7 Å². The lowest BCUT2D eigenvalue weighted by molar-refractivity contribution is -0.145. The van der Waals surface area contributed by atoms with Crippen molar-refractivity contribution >= 4 is 29.2 Å². The molecule has 1 amide bonds. The highest BCUT2D eigenvalue weighted by Crippen LogP contribution is 2.42. The largest absolute Gasteiger partial charge is 0.481 e. The van der Waals surface area contributed by atoms with Crippen LogP contribution in [0.4, 0.5) is 4.79 Å². The number of allylic oxidation sites excluding steroid dienone is 3. The van der Waals surface area contributed by atoms with Crippen LogP contribution < -0.4 is 0 Å². The molecule has 4 rings (SSSR count). The first-order valence-corrected chi connectivity index (χ1v) is 12.1. The molecular weight excluding hydrogens is 462 g/mol. The third kappa shape index (κ3) is 5.35. The molecule has 35 heavy (non-hydrogen) atoms. The van der Waals surface area contributed by atoms with Crippen molar-refractivity contribution in [2.24, 2.45) is 0 Å². The van der Waals surface area contributed by atoms with E-state index in [-0.39, 0.29) is 12.5 Å². The third-order valence-electron chi connectivity index (χ3n) is 6.83. The van der Waals surface area contributed by atoms with Gasteiger partial charge in [-0.15, -0.1) is 6.58 Å². The van der Waals surface area contributed by atoms with Crippen LogP contribution >= 0.6 is 11.6 Å². The Morgan fingerprint density at radius 1 is 1.14 bits per heavy atom. The fourth-order valence-corrected chi connectivity index (χ4v) is 5.00. The van der Waals surface area contributed by atoms with Crippen LogP contribution in [0.5, 0.6) is 0 Å². The molecule has 1 heterocycles.